The molecule has 0 aromatic heterocycles. The lowest BCUT2D eigenvalue weighted by Crippen LogP contribution is -2.16. The molecule has 1 aromatic carbocycles. The average molecular weight is 254 g/mol. The van der Waals surface area contributed by atoms with E-state index in [9.17, 15) is 0 Å². The van der Waals surface area contributed by atoms with Crippen molar-refractivity contribution in [3.05, 3.63) is 24.3 Å². The average Bonchev–Trinajstić information content (AvgIpc) is 2.32. The summed E-state index contributed by atoms with van der Waals surface area (Å²) in [5.41, 5.74) is 0. The van der Waals surface area contributed by atoms with Crippen LogP contribution in [0.3, 0.4) is 0 Å². The molecular formula is C14H22O4. The molecule has 0 saturated heterocycles. The molecule has 0 radical (unpaired) electrons. The molecule has 0 saturated carbocycles. The minimum atomic E-state index is -0.246. The molecule has 2 atom stereocenters. The van der Waals surface area contributed by atoms with Gasteiger partial charge in [-0.3, -0.25) is 0 Å². The summed E-state index contributed by atoms with van der Waals surface area (Å²) in [6.07, 6.45) is -0.492. The Kier molecular flexibility index (Phi) is 6.54. The summed E-state index contributed by atoms with van der Waals surface area (Å²) in [5, 5.41) is 0. The second-order valence-electron chi connectivity index (χ2n) is 3.75. The van der Waals surface area contributed by atoms with Crippen LogP contribution in [0, 0.1) is 0 Å². The van der Waals surface area contributed by atoms with E-state index >= 15 is 0 Å². The second kappa shape index (κ2) is 7.95. The Morgan fingerprint density at radius 3 is 1.39 bits per heavy atom. The maximum Gasteiger partial charge on any atom is 0.196 e. The van der Waals surface area contributed by atoms with Gasteiger partial charge in [0.1, 0.15) is 11.5 Å². The normalized spacial score (nSPS) is 14.0. The topological polar surface area (TPSA) is 36.9 Å². The van der Waals surface area contributed by atoms with Gasteiger partial charge in [-0.1, -0.05) is 0 Å². The summed E-state index contributed by atoms with van der Waals surface area (Å²) in [5.74, 6) is 1.51. The molecule has 2 unspecified atom stereocenters. The molecule has 0 N–H and O–H groups in total. The van der Waals surface area contributed by atoms with Crippen LogP contribution in [0.2, 0.25) is 0 Å². The Labute approximate surface area is 109 Å². The quantitative estimate of drug-likeness (QED) is 0.667. The van der Waals surface area contributed by atoms with Gasteiger partial charge in [0, 0.05) is 13.2 Å². The van der Waals surface area contributed by atoms with E-state index in [-0.39, 0.29) is 12.6 Å². The molecule has 18 heavy (non-hydrogen) atoms. The molecule has 0 aliphatic carbocycles. The van der Waals surface area contributed by atoms with Crippen LogP contribution in [0.4, 0.5) is 0 Å². The number of hydrogen-bond donors (Lipinski definition) is 0. The van der Waals surface area contributed by atoms with Gasteiger partial charge in [0.05, 0.1) is 0 Å². The van der Waals surface area contributed by atoms with Crippen molar-refractivity contribution in [3.8, 4) is 11.5 Å². The molecule has 0 heterocycles. The smallest absolute Gasteiger partial charge is 0.196 e. The lowest BCUT2D eigenvalue weighted by molar-refractivity contribution is -0.0636. The van der Waals surface area contributed by atoms with Gasteiger partial charge in [-0.25, -0.2) is 0 Å². The first-order valence-corrected chi connectivity index (χ1v) is 6.32. The van der Waals surface area contributed by atoms with Crippen molar-refractivity contribution >= 4 is 0 Å². The minimum Gasteiger partial charge on any atom is -0.465 e. The summed E-state index contributed by atoms with van der Waals surface area (Å²) < 4.78 is 21.7. The van der Waals surface area contributed by atoms with Gasteiger partial charge in [0.2, 0.25) is 0 Å². The van der Waals surface area contributed by atoms with Crippen LogP contribution in [0.25, 0.3) is 0 Å². The van der Waals surface area contributed by atoms with E-state index in [4.69, 9.17) is 18.9 Å². The first-order chi connectivity index (χ1) is 8.65. The van der Waals surface area contributed by atoms with Crippen LogP contribution in [0.5, 0.6) is 11.5 Å². The summed E-state index contributed by atoms with van der Waals surface area (Å²) in [6, 6.07) is 7.40. The molecule has 4 heteroatoms. The molecule has 0 amide bonds. The van der Waals surface area contributed by atoms with Gasteiger partial charge >= 0.3 is 0 Å². The van der Waals surface area contributed by atoms with E-state index < -0.39 is 0 Å². The molecule has 0 aliphatic rings. The first kappa shape index (κ1) is 14.8. The SMILES string of the molecule is CCOC(C)Oc1ccc(OC(C)OCC)cc1. The highest BCUT2D eigenvalue weighted by atomic mass is 16.7. The zero-order valence-electron chi connectivity index (χ0n) is 11.5. The highest BCUT2D eigenvalue weighted by Gasteiger charge is 2.05. The monoisotopic (exact) mass is 254 g/mol. The first-order valence-electron chi connectivity index (χ1n) is 6.32. The van der Waals surface area contributed by atoms with E-state index in [0.29, 0.717) is 13.2 Å². The summed E-state index contributed by atoms with van der Waals surface area (Å²) >= 11 is 0. The largest absolute Gasteiger partial charge is 0.465 e. The van der Waals surface area contributed by atoms with Crippen molar-refractivity contribution in [3.63, 3.8) is 0 Å². The van der Waals surface area contributed by atoms with Gasteiger partial charge in [-0.05, 0) is 52.0 Å². The van der Waals surface area contributed by atoms with Crippen molar-refractivity contribution in [2.24, 2.45) is 0 Å². The Morgan fingerprint density at radius 1 is 0.778 bits per heavy atom. The molecule has 0 bridgehead atoms. The van der Waals surface area contributed by atoms with Gasteiger partial charge in [0.25, 0.3) is 0 Å². The third-order valence-corrected chi connectivity index (χ3v) is 2.23. The van der Waals surface area contributed by atoms with Gasteiger partial charge in [-0.2, -0.15) is 0 Å². The lowest BCUT2D eigenvalue weighted by atomic mass is 10.3. The van der Waals surface area contributed by atoms with Crippen LogP contribution < -0.4 is 9.47 Å². The number of ether oxygens (including phenoxy) is 4. The fourth-order valence-corrected chi connectivity index (χ4v) is 1.52. The fraction of sp³-hybridized carbons (Fsp3) is 0.571. The maximum absolute atomic E-state index is 5.55. The van der Waals surface area contributed by atoms with E-state index in [0.717, 1.165) is 11.5 Å². The number of rotatable bonds is 8. The second-order valence-corrected chi connectivity index (χ2v) is 3.75. The van der Waals surface area contributed by atoms with Crippen molar-refractivity contribution in [2.75, 3.05) is 13.2 Å². The van der Waals surface area contributed by atoms with E-state index in [2.05, 4.69) is 0 Å². The third kappa shape index (κ3) is 5.38. The van der Waals surface area contributed by atoms with Gasteiger partial charge in [-0.15, -0.1) is 0 Å². The van der Waals surface area contributed by atoms with Gasteiger partial charge in [0.15, 0.2) is 12.6 Å². The molecule has 102 valence electrons. The molecule has 1 aromatic rings. The van der Waals surface area contributed by atoms with Crippen LogP contribution >= 0.6 is 0 Å². The zero-order chi connectivity index (χ0) is 13.4. The van der Waals surface area contributed by atoms with E-state index in [1.165, 1.54) is 0 Å². The van der Waals surface area contributed by atoms with Gasteiger partial charge < -0.3 is 18.9 Å². The molecule has 0 aliphatic heterocycles. The van der Waals surface area contributed by atoms with E-state index in [1.807, 2.05) is 52.0 Å². The molecule has 0 fully saturated rings. The lowest BCUT2D eigenvalue weighted by Gasteiger charge is -2.16. The summed E-state index contributed by atoms with van der Waals surface area (Å²) in [7, 11) is 0. The molecule has 0 spiro atoms. The summed E-state index contributed by atoms with van der Waals surface area (Å²) in [6.45, 7) is 8.87. The van der Waals surface area contributed by atoms with Crippen LogP contribution in [-0.2, 0) is 9.47 Å². The standard InChI is InChI=1S/C14H22O4/c1-5-15-11(3)17-13-7-9-14(10-8-13)18-12(4)16-6-2/h7-12H,5-6H2,1-4H3. The molecule has 4 nitrogen and oxygen atoms in total. The summed E-state index contributed by atoms with van der Waals surface area (Å²) in [4.78, 5) is 0. The van der Waals surface area contributed by atoms with Crippen molar-refractivity contribution in [2.45, 2.75) is 40.3 Å². The Hall–Kier alpha value is -1.26. The Morgan fingerprint density at radius 2 is 1.11 bits per heavy atom. The molecule has 1 rings (SSSR count). The van der Waals surface area contributed by atoms with E-state index in [1.54, 1.807) is 0 Å². The molecular weight excluding hydrogens is 232 g/mol. The maximum atomic E-state index is 5.55. The highest BCUT2D eigenvalue weighted by molar-refractivity contribution is 5.31. The predicted molar refractivity (Wildman–Crippen MR) is 69.9 cm³/mol. The minimum absolute atomic E-state index is 0.246. The van der Waals surface area contributed by atoms with Crippen molar-refractivity contribution < 1.29 is 18.9 Å². The zero-order valence-corrected chi connectivity index (χ0v) is 11.5. The Balaban J connectivity index is 2.46. The number of hydrogen-bond acceptors (Lipinski definition) is 4. The number of benzene rings is 1. The van der Waals surface area contributed by atoms with Crippen molar-refractivity contribution in [1.29, 1.82) is 0 Å². The van der Waals surface area contributed by atoms with Crippen LogP contribution in [0.1, 0.15) is 27.7 Å². The third-order valence-electron chi connectivity index (χ3n) is 2.23. The van der Waals surface area contributed by atoms with Crippen molar-refractivity contribution in [1.82, 2.24) is 0 Å². The van der Waals surface area contributed by atoms with Crippen LogP contribution in [-0.4, -0.2) is 25.8 Å². The fourth-order valence-electron chi connectivity index (χ4n) is 1.52. The predicted octanol–water partition coefficient (Wildman–Crippen LogP) is 3.21. The highest BCUT2D eigenvalue weighted by Crippen LogP contribution is 2.19. The Bertz CT molecular complexity index is 290. The van der Waals surface area contributed by atoms with Crippen LogP contribution in [0.15, 0.2) is 24.3 Å².